The lowest BCUT2D eigenvalue weighted by Gasteiger charge is -2.37. The van der Waals surface area contributed by atoms with Crippen LogP contribution in [0.25, 0.3) is 0 Å². The molecule has 0 aromatic carbocycles. The van der Waals surface area contributed by atoms with Crippen LogP contribution in [-0.2, 0) is 4.74 Å². The first-order chi connectivity index (χ1) is 8.22. The molecule has 0 aromatic heterocycles. The van der Waals surface area contributed by atoms with Gasteiger partial charge in [-0.2, -0.15) is 0 Å². The Bertz CT molecular complexity index is 228. The summed E-state index contributed by atoms with van der Waals surface area (Å²) in [6.45, 7) is 1.00. The van der Waals surface area contributed by atoms with E-state index in [0.29, 0.717) is 0 Å². The van der Waals surface area contributed by atoms with Crippen LogP contribution in [0.15, 0.2) is 0 Å². The van der Waals surface area contributed by atoms with Gasteiger partial charge in [-0.25, -0.2) is 0 Å². The topological polar surface area (TPSA) is 55.5 Å². The van der Waals surface area contributed by atoms with E-state index in [1.54, 1.807) is 0 Å². The van der Waals surface area contributed by atoms with E-state index in [0.717, 1.165) is 38.2 Å². The molecule has 2 aliphatic carbocycles. The lowest BCUT2D eigenvalue weighted by molar-refractivity contribution is -0.0246. The second-order valence-electron chi connectivity index (χ2n) is 6.08. The van der Waals surface area contributed by atoms with Crippen LogP contribution >= 0.6 is 0 Å². The Balaban J connectivity index is 1.71. The molecule has 0 saturated heterocycles. The molecule has 0 bridgehead atoms. The molecule has 0 aliphatic heterocycles. The fourth-order valence-corrected chi connectivity index (χ4v) is 3.25. The third-order valence-electron chi connectivity index (χ3n) is 4.44. The number of hydrogen-bond donors (Lipinski definition) is 2. The van der Waals surface area contributed by atoms with Crippen LogP contribution < -0.4 is 5.73 Å². The largest absolute Gasteiger partial charge is 0.394 e. The molecule has 2 rings (SSSR count). The predicted octanol–water partition coefficient (Wildman–Crippen LogP) is 2.22. The molecule has 2 aliphatic rings. The average molecular weight is 241 g/mol. The molecule has 2 unspecified atom stereocenters. The van der Waals surface area contributed by atoms with E-state index >= 15 is 0 Å². The summed E-state index contributed by atoms with van der Waals surface area (Å²) >= 11 is 0. The Hall–Kier alpha value is -0.120. The fraction of sp³-hybridized carbons (Fsp3) is 1.00. The maximum Gasteiger partial charge on any atom is 0.0612 e. The number of aliphatic hydroxyl groups is 1. The van der Waals surface area contributed by atoms with Gasteiger partial charge in [0.05, 0.1) is 12.7 Å². The van der Waals surface area contributed by atoms with E-state index < -0.39 is 0 Å². The minimum Gasteiger partial charge on any atom is -0.394 e. The van der Waals surface area contributed by atoms with E-state index in [9.17, 15) is 5.11 Å². The summed E-state index contributed by atoms with van der Waals surface area (Å²) in [6.07, 6.45) is 11.1. The number of nitrogens with two attached hydrogens (primary N) is 1. The minimum atomic E-state index is -0.379. The SMILES string of the molecule is NC1(CO)CCCC(OCC2CCCCC2)C1. The highest BCUT2D eigenvalue weighted by molar-refractivity contribution is 4.90. The van der Waals surface area contributed by atoms with Crippen molar-refractivity contribution >= 4 is 0 Å². The number of aliphatic hydroxyl groups excluding tert-OH is 1. The smallest absolute Gasteiger partial charge is 0.0612 e. The zero-order valence-corrected chi connectivity index (χ0v) is 10.9. The van der Waals surface area contributed by atoms with E-state index in [1.165, 1.54) is 32.1 Å². The second kappa shape index (κ2) is 6.17. The second-order valence-corrected chi connectivity index (χ2v) is 6.08. The standard InChI is InChI=1S/C14H27NO2/c15-14(11-16)8-4-7-13(9-14)17-10-12-5-2-1-3-6-12/h12-13,16H,1-11,15H2. The summed E-state index contributed by atoms with van der Waals surface area (Å²) in [6, 6.07) is 0. The normalized spacial score (nSPS) is 36.0. The van der Waals surface area contributed by atoms with E-state index in [2.05, 4.69) is 0 Å². The monoisotopic (exact) mass is 241 g/mol. The molecule has 0 spiro atoms. The molecule has 0 heterocycles. The number of rotatable bonds is 4. The van der Waals surface area contributed by atoms with Crippen LogP contribution in [0.5, 0.6) is 0 Å². The van der Waals surface area contributed by atoms with Crippen LogP contribution in [0.2, 0.25) is 0 Å². The van der Waals surface area contributed by atoms with Crippen molar-refractivity contribution in [2.24, 2.45) is 11.7 Å². The van der Waals surface area contributed by atoms with Crippen LogP contribution in [-0.4, -0.2) is 30.0 Å². The van der Waals surface area contributed by atoms with Crippen LogP contribution in [0.4, 0.5) is 0 Å². The lowest BCUT2D eigenvalue weighted by Crippen LogP contribution is -2.49. The lowest BCUT2D eigenvalue weighted by atomic mass is 9.81. The van der Waals surface area contributed by atoms with Gasteiger partial charge in [-0.05, 0) is 44.4 Å². The molecule has 0 amide bonds. The van der Waals surface area contributed by atoms with Gasteiger partial charge in [0.1, 0.15) is 0 Å². The van der Waals surface area contributed by atoms with Gasteiger partial charge in [-0.3, -0.25) is 0 Å². The Morgan fingerprint density at radius 3 is 2.59 bits per heavy atom. The fourth-order valence-electron chi connectivity index (χ4n) is 3.25. The van der Waals surface area contributed by atoms with Crippen LogP contribution in [0, 0.1) is 5.92 Å². The summed E-state index contributed by atoms with van der Waals surface area (Å²) in [7, 11) is 0. The van der Waals surface area contributed by atoms with Gasteiger partial charge < -0.3 is 15.6 Å². The predicted molar refractivity (Wildman–Crippen MR) is 68.8 cm³/mol. The summed E-state index contributed by atoms with van der Waals surface area (Å²) in [4.78, 5) is 0. The number of ether oxygens (including phenoxy) is 1. The maximum absolute atomic E-state index is 9.30. The van der Waals surface area contributed by atoms with Crippen molar-refractivity contribution in [3.05, 3.63) is 0 Å². The van der Waals surface area contributed by atoms with E-state index in [-0.39, 0.29) is 18.2 Å². The molecule has 3 heteroatoms. The summed E-state index contributed by atoms with van der Waals surface area (Å²) in [5.74, 6) is 0.770. The first-order valence-electron chi connectivity index (χ1n) is 7.23. The highest BCUT2D eigenvalue weighted by Crippen LogP contribution is 2.30. The molecule has 0 aromatic rings. The maximum atomic E-state index is 9.30. The Kier molecular flexibility index (Phi) is 4.83. The number of hydrogen-bond acceptors (Lipinski definition) is 3. The van der Waals surface area contributed by atoms with Crippen molar-refractivity contribution in [2.75, 3.05) is 13.2 Å². The summed E-state index contributed by atoms with van der Waals surface area (Å²) in [5.41, 5.74) is 5.75. The molecule has 3 N–H and O–H groups in total. The molecule has 3 nitrogen and oxygen atoms in total. The van der Waals surface area contributed by atoms with Crippen molar-refractivity contribution in [3.63, 3.8) is 0 Å². The minimum absolute atomic E-state index is 0.0935. The molecule has 17 heavy (non-hydrogen) atoms. The average Bonchev–Trinajstić information content (AvgIpc) is 2.38. The van der Waals surface area contributed by atoms with Gasteiger partial charge >= 0.3 is 0 Å². The quantitative estimate of drug-likeness (QED) is 0.793. The molecule has 2 atom stereocenters. The molecule has 2 saturated carbocycles. The van der Waals surface area contributed by atoms with Crippen molar-refractivity contribution in [2.45, 2.75) is 69.4 Å². The van der Waals surface area contributed by atoms with Gasteiger partial charge in [0.25, 0.3) is 0 Å². The molecule has 2 fully saturated rings. The third-order valence-corrected chi connectivity index (χ3v) is 4.44. The van der Waals surface area contributed by atoms with Crippen molar-refractivity contribution < 1.29 is 9.84 Å². The van der Waals surface area contributed by atoms with Crippen molar-refractivity contribution in [1.82, 2.24) is 0 Å². The van der Waals surface area contributed by atoms with Gasteiger partial charge in [0, 0.05) is 12.1 Å². The van der Waals surface area contributed by atoms with Crippen LogP contribution in [0.1, 0.15) is 57.8 Å². The summed E-state index contributed by atoms with van der Waals surface area (Å²) in [5, 5.41) is 9.30. The Morgan fingerprint density at radius 2 is 1.88 bits per heavy atom. The Labute approximate surface area is 105 Å². The Morgan fingerprint density at radius 1 is 1.12 bits per heavy atom. The van der Waals surface area contributed by atoms with Gasteiger partial charge in [0.2, 0.25) is 0 Å². The van der Waals surface area contributed by atoms with Gasteiger partial charge in [-0.1, -0.05) is 19.3 Å². The third kappa shape index (κ3) is 3.94. The van der Waals surface area contributed by atoms with E-state index in [1.807, 2.05) is 0 Å². The molecular formula is C14H27NO2. The zero-order valence-electron chi connectivity index (χ0n) is 10.9. The first kappa shape index (κ1) is 13.3. The molecule has 0 radical (unpaired) electrons. The summed E-state index contributed by atoms with van der Waals surface area (Å²) < 4.78 is 6.03. The van der Waals surface area contributed by atoms with Crippen molar-refractivity contribution in [1.29, 1.82) is 0 Å². The van der Waals surface area contributed by atoms with E-state index in [4.69, 9.17) is 10.5 Å². The van der Waals surface area contributed by atoms with Gasteiger partial charge in [-0.15, -0.1) is 0 Å². The first-order valence-corrected chi connectivity index (χ1v) is 7.23. The molecular weight excluding hydrogens is 214 g/mol. The zero-order chi connectivity index (χ0) is 12.1. The highest BCUT2D eigenvalue weighted by Gasteiger charge is 2.32. The van der Waals surface area contributed by atoms with Crippen molar-refractivity contribution in [3.8, 4) is 0 Å². The van der Waals surface area contributed by atoms with Gasteiger partial charge in [0.15, 0.2) is 0 Å². The highest BCUT2D eigenvalue weighted by atomic mass is 16.5. The molecule has 100 valence electrons. The van der Waals surface area contributed by atoms with Crippen LogP contribution in [0.3, 0.4) is 0 Å².